The Kier molecular flexibility index (Phi) is 4.47. The predicted octanol–water partition coefficient (Wildman–Crippen LogP) is 1.69. The van der Waals surface area contributed by atoms with Crippen LogP contribution in [0.25, 0.3) is 0 Å². The highest BCUT2D eigenvalue weighted by molar-refractivity contribution is 5.96. The molecule has 19 heavy (non-hydrogen) atoms. The Bertz CT molecular complexity index is 471. The minimum Gasteiger partial charge on any atom is -0.480 e. The van der Waals surface area contributed by atoms with Crippen LogP contribution >= 0.6 is 0 Å². The van der Waals surface area contributed by atoms with Crippen molar-refractivity contribution in [3.8, 4) is 0 Å². The van der Waals surface area contributed by atoms with E-state index in [-0.39, 0.29) is 12.0 Å². The molecule has 0 unspecified atom stereocenters. The molecule has 104 valence electrons. The van der Waals surface area contributed by atoms with Crippen LogP contribution in [0.4, 0.5) is 13.2 Å². The zero-order chi connectivity index (χ0) is 14.6. The summed E-state index contributed by atoms with van der Waals surface area (Å²) in [6.07, 6.45) is -3.66. The lowest BCUT2D eigenvalue weighted by molar-refractivity contribution is -0.141. The van der Waals surface area contributed by atoms with E-state index in [1.165, 1.54) is 0 Å². The Labute approximate surface area is 106 Å². The Morgan fingerprint density at radius 3 is 2.42 bits per heavy atom. The first-order chi connectivity index (χ1) is 8.75. The second kappa shape index (κ2) is 5.68. The lowest BCUT2D eigenvalue weighted by Crippen LogP contribution is -2.40. The highest BCUT2D eigenvalue weighted by Crippen LogP contribution is 2.27. The fourth-order valence-corrected chi connectivity index (χ4v) is 1.28. The third-order valence-electron chi connectivity index (χ3n) is 2.33. The summed E-state index contributed by atoms with van der Waals surface area (Å²) in [6.45, 7) is 1.56. The maximum atomic E-state index is 12.3. The maximum absolute atomic E-state index is 12.3. The van der Waals surface area contributed by atoms with E-state index in [1.54, 1.807) is 6.92 Å². The summed E-state index contributed by atoms with van der Waals surface area (Å²) in [5.41, 5.74) is -1.25. The molecule has 1 aromatic heterocycles. The number of aromatic nitrogens is 1. The molecular weight excluding hydrogens is 265 g/mol. The van der Waals surface area contributed by atoms with Gasteiger partial charge in [-0.1, -0.05) is 6.92 Å². The van der Waals surface area contributed by atoms with E-state index in [4.69, 9.17) is 5.11 Å². The average Bonchev–Trinajstić information content (AvgIpc) is 2.34. The van der Waals surface area contributed by atoms with Crippen LogP contribution in [-0.2, 0) is 11.0 Å². The molecule has 0 saturated heterocycles. The molecule has 5 nitrogen and oxygen atoms in total. The topological polar surface area (TPSA) is 79.3 Å². The first-order valence-corrected chi connectivity index (χ1v) is 5.32. The number of carboxylic acids is 1. The van der Waals surface area contributed by atoms with Crippen molar-refractivity contribution in [2.24, 2.45) is 0 Å². The molecule has 0 aliphatic carbocycles. The number of alkyl halides is 3. The van der Waals surface area contributed by atoms with Crippen LogP contribution in [0.3, 0.4) is 0 Å². The van der Waals surface area contributed by atoms with Crippen molar-refractivity contribution in [1.82, 2.24) is 10.3 Å². The summed E-state index contributed by atoms with van der Waals surface area (Å²) < 4.78 is 36.8. The Morgan fingerprint density at radius 2 is 2.05 bits per heavy atom. The maximum Gasteiger partial charge on any atom is 0.433 e. The van der Waals surface area contributed by atoms with E-state index in [9.17, 15) is 22.8 Å². The molecule has 1 heterocycles. The molecule has 1 aromatic rings. The smallest absolute Gasteiger partial charge is 0.433 e. The molecule has 1 amide bonds. The van der Waals surface area contributed by atoms with Gasteiger partial charge in [0.25, 0.3) is 5.91 Å². The third kappa shape index (κ3) is 3.94. The van der Waals surface area contributed by atoms with E-state index >= 15 is 0 Å². The van der Waals surface area contributed by atoms with Crippen molar-refractivity contribution in [1.29, 1.82) is 0 Å². The van der Waals surface area contributed by atoms with Crippen molar-refractivity contribution in [3.63, 3.8) is 0 Å². The quantitative estimate of drug-likeness (QED) is 0.877. The lowest BCUT2D eigenvalue weighted by atomic mass is 10.2. The third-order valence-corrected chi connectivity index (χ3v) is 2.33. The molecule has 0 aliphatic rings. The Balaban J connectivity index is 2.81. The minimum absolute atomic E-state index is 0.132. The van der Waals surface area contributed by atoms with Gasteiger partial charge in [-0.05, 0) is 18.6 Å². The van der Waals surface area contributed by atoms with E-state index < -0.39 is 29.8 Å². The number of carbonyl (C=O) groups excluding carboxylic acids is 1. The summed E-state index contributed by atoms with van der Waals surface area (Å²) in [5, 5.41) is 10.9. The van der Waals surface area contributed by atoms with Gasteiger partial charge in [0.15, 0.2) is 0 Å². The van der Waals surface area contributed by atoms with Gasteiger partial charge >= 0.3 is 12.1 Å². The number of aliphatic carboxylic acids is 1. The molecule has 0 fully saturated rings. The summed E-state index contributed by atoms with van der Waals surface area (Å²) in [5.74, 6) is -1.99. The SMILES string of the molecule is CC[C@@H](NC(=O)c1ccc(C(F)(F)F)nc1)C(=O)O. The van der Waals surface area contributed by atoms with Crippen LogP contribution in [0, 0.1) is 0 Å². The zero-order valence-electron chi connectivity index (χ0n) is 9.86. The zero-order valence-corrected chi connectivity index (χ0v) is 9.86. The minimum atomic E-state index is -4.58. The van der Waals surface area contributed by atoms with Crippen molar-refractivity contribution in [3.05, 3.63) is 29.6 Å². The van der Waals surface area contributed by atoms with Gasteiger partial charge in [-0.15, -0.1) is 0 Å². The van der Waals surface area contributed by atoms with Gasteiger partial charge in [-0.2, -0.15) is 13.2 Å². The van der Waals surface area contributed by atoms with Gasteiger partial charge in [0.1, 0.15) is 11.7 Å². The number of hydrogen-bond acceptors (Lipinski definition) is 3. The molecule has 2 N–H and O–H groups in total. The first kappa shape index (κ1) is 14.9. The molecule has 0 bridgehead atoms. The molecule has 0 aliphatic heterocycles. The average molecular weight is 276 g/mol. The van der Waals surface area contributed by atoms with Crippen LogP contribution < -0.4 is 5.32 Å². The highest BCUT2D eigenvalue weighted by Gasteiger charge is 2.32. The summed E-state index contributed by atoms with van der Waals surface area (Å²) >= 11 is 0. The second-order valence-corrected chi connectivity index (χ2v) is 3.70. The van der Waals surface area contributed by atoms with Crippen molar-refractivity contribution < 1.29 is 27.9 Å². The number of hydrogen-bond donors (Lipinski definition) is 2. The molecule has 8 heteroatoms. The molecule has 0 aromatic carbocycles. The van der Waals surface area contributed by atoms with Crippen LogP contribution in [-0.4, -0.2) is 28.0 Å². The van der Waals surface area contributed by atoms with Gasteiger partial charge in [-0.3, -0.25) is 9.78 Å². The summed E-state index contributed by atoms with van der Waals surface area (Å²) in [7, 11) is 0. The van der Waals surface area contributed by atoms with Gasteiger partial charge < -0.3 is 10.4 Å². The summed E-state index contributed by atoms with van der Waals surface area (Å²) in [4.78, 5) is 25.4. The number of pyridine rings is 1. The number of carboxylic acid groups (broad SMARTS) is 1. The molecule has 0 radical (unpaired) electrons. The van der Waals surface area contributed by atoms with Crippen LogP contribution in [0.5, 0.6) is 0 Å². The van der Waals surface area contributed by atoms with Crippen molar-refractivity contribution in [2.75, 3.05) is 0 Å². The van der Waals surface area contributed by atoms with Crippen LogP contribution in [0.2, 0.25) is 0 Å². The van der Waals surface area contributed by atoms with E-state index in [2.05, 4.69) is 10.3 Å². The fraction of sp³-hybridized carbons (Fsp3) is 0.364. The largest absolute Gasteiger partial charge is 0.480 e. The van der Waals surface area contributed by atoms with Gasteiger partial charge in [0.2, 0.25) is 0 Å². The number of nitrogens with zero attached hydrogens (tertiary/aromatic N) is 1. The Morgan fingerprint density at radius 1 is 1.42 bits per heavy atom. The molecular formula is C11H11F3N2O3. The van der Waals surface area contributed by atoms with E-state index in [1.807, 2.05) is 0 Å². The number of halogens is 3. The van der Waals surface area contributed by atoms with Crippen LogP contribution in [0.15, 0.2) is 18.3 Å². The molecule has 0 saturated carbocycles. The normalized spacial score (nSPS) is 12.8. The predicted molar refractivity (Wildman–Crippen MR) is 58.4 cm³/mol. The standard InChI is InChI=1S/C11H11F3N2O3/c1-2-7(10(18)19)16-9(17)6-3-4-8(15-5-6)11(12,13)14/h3-5,7H,2H2,1H3,(H,16,17)(H,18,19)/t7-/m1/s1. The molecule has 1 rings (SSSR count). The number of amides is 1. The van der Waals surface area contributed by atoms with Crippen LogP contribution in [0.1, 0.15) is 29.4 Å². The number of nitrogens with one attached hydrogen (secondary N) is 1. The Hall–Kier alpha value is -2.12. The fourth-order valence-electron chi connectivity index (χ4n) is 1.28. The van der Waals surface area contributed by atoms with Gasteiger partial charge in [-0.25, -0.2) is 4.79 Å². The molecule has 0 spiro atoms. The van der Waals surface area contributed by atoms with Crippen molar-refractivity contribution >= 4 is 11.9 Å². The van der Waals surface area contributed by atoms with Crippen molar-refractivity contribution in [2.45, 2.75) is 25.6 Å². The first-order valence-electron chi connectivity index (χ1n) is 5.32. The lowest BCUT2D eigenvalue weighted by Gasteiger charge is -2.12. The molecule has 1 atom stereocenters. The van der Waals surface area contributed by atoms with E-state index in [0.717, 1.165) is 12.3 Å². The number of carbonyl (C=O) groups is 2. The monoisotopic (exact) mass is 276 g/mol. The van der Waals surface area contributed by atoms with Gasteiger partial charge in [0, 0.05) is 6.20 Å². The number of rotatable bonds is 4. The summed E-state index contributed by atoms with van der Waals surface area (Å²) in [6, 6.07) is 0.519. The van der Waals surface area contributed by atoms with Gasteiger partial charge in [0.05, 0.1) is 5.56 Å². The highest BCUT2D eigenvalue weighted by atomic mass is 19.4. The second-order valence-electron chi connectivity index (χ2n) is 3.70. The van der Waals surface area contributed by atoms with E-state index in [0.29, 0.717) is 6.07 Å².